The largest absolute Gasteiger partial charge is 0.387 e. The third-order valence-electron chi connectivity index (χ3n) is 5.81. The smallest absolute Gasteiger partial charge is 0.187 e. The number of rotatable bonds is 3. The second-order valence-electron chi connectivity index (χ2n) is 8.98. The van der Waals surface area contributed by atoms with E-state index < -0.39 is 73.0 Å². The Morgan fingerprint density at radius 3 is 1.87 bits per heavy atom. The van der Waals surface area contributed by atoms with Gasteiger partial charge in [-0.25, -0.2) is 0 Å². The lowest BCUT2D eigenvalue weighted by molar-refractivity contribution is -0.418. The second-order valence-corrected chi connectivity index (χ2v) is 8.98. The maximum absolute atomic E-state index is 10.8. The van der Waals surface area contributed by atoms with Crippen molar-refractivity contribution in [3.8, 4) is 0 Å². The van der Waals surface area contributed by atoms with Crippen molar-refractivity contribution in [2.45, 2.75) is 101 Å². The van der Waals surface area contributed by atoms with Crippen LogP contribution < -0.4 is 0 Å². The van der Waals surface area contributed by atoms with Crippen molar-refractivity contribution in [2.24, 2.45) is 0 Å². The molecule has 4 aliphatic heterocycles. The van der Waals surface area contributed by atoms with Crippen LogP contribution in [-0.2, 0) is 37.9 Å². The summed E-state index contributed by atoms with van der Waals surface area (Å²) < 4.78 is 45.7. The molecule has 3 N–H and O–H groups in total. The van der Waals surface area contributed by atoms with Crippen LogP contribution in [0.15, 0.2) is 0 Å². The molecule has 0 unspecified atom stereocenters. The minimum atomic E-state index is -1.41. The zero-order chi connectivity index (χ0) is 21.8. The van der Waals surface area contributed by atoms with Crippen LogP contribution in [0.1, 0.15) is 27.7 Å². The maximum atomic E-state index is 10.8. The molecular formula is C19H32O11. The van der Waals surface area contributed by atoms with Gasteiger partial charge in [0.2, 0.25) is 0 Å². The molecule has 0 bridgehead atoms. The first-order valence-electron chi connectivity index (χ1n) is 10.2. The van der Waals surface area contributed by atoms with Gasteiger partial charge in [0, 0.05) is 7.11 Å². The van der Waals surface area contributed by atoms with E-state index >= 15 is 0 Å². The SMILES string of the molecule is CO[C@H]1O[C@@H]2COC(C)(C)O[C@H]2[C@H](O[C@H]2O[C@@H]3COC(C)(C)O[C@H]3[C@H](O)[C@@H]2O)[C@@H]1O. The summed E-state index contributed by atoms with van der Waals surface area (Å²) in [4.78, 5) is 0. The summed E-state index contributed by atoms with van der Waals surface area (Å²) >= 11 is 0. The third-order valence-corrected chi connectivity index (χ3v) is 5.81. The molecule has 0 amide bonds. The van der Waals surface area contributed by atoms with Gasteiger partial charge in [0.05, 0.1) is 13.2 Å². The molecular weight excluding hydrogens is 404 g/mol. The molecule has 4 heterocycles. The molecule has 0 aromatic heterocycles. The lowest BCUT2D eigenvalue weighted by Crippen LogP contribution is -2.69. The molecule has 0 saturated carbocycles. The molecule has 4 saturated heterocycles. The van der Waals surface area contributed by atoms with Crippen molar-refractivity contribution in [1.82, 2.24) is 0 Å². The number of ether oxygens (including phenoxy) is 8. The van der Waals surface area contributed by atoms with E-state index in [2.05, 4.69) is 0 Å². The summed E-state index contributed by atoms with van der Waals surface area (Å²) in [5.74, 6) is -1.82. The zero-order valence-corrected chi connectivity index (χ0v) is 17.8. The maximum Gasteiger partial charge on any atom is 0.187 e. The van der Waals surface area contributed by atoms with E-state index in [0.717, 1.165) is 0 Å². The third kappa shape index (κ3) is 4.26. The summed E-state index contributed by atoms with van der Waals surface area (Å²) in [5.41, 5.74) is 0. The van der Waals surface area contributed by atoms with E-state index in [4.69, 9.17) is 37.9 Å². The molecule has 174 valence electrons. The molecule has 0 spiro atoms. The van der Waals surface area contributed by atoms with Gasteiger partial charge in [-0.2, -0.15) is 0 Å². The number of aliphatic hydroxyl groups is 3. The Balaban J connectivity index is 1.52. The number of hydrogen-bond donors (Lipinski definition) is 3. The average Bonchev–Trinajstić information content (AvgIpc) is 2.67. The van der Waals surface area contributed by atoms with Gasteiger partial charge in [-0.3, -0.25) is 0 Å². The van der Waals surface area contributed by atoms with Crippen molar-refractivity contribution < 1.29 is 53.2 Å². The van der Waals surface area contributed by atoms with Gasteiger partial charge < -0.3 is 53.2 Å². The van der Waals surface area contributed by atoms with E-state index in [9.17, 15) is 15.3 Å². The number of fused-ring (bicyclic) bond motifs is 2. The zero-order valence-electron chi connectivity index (χ0n) is 17.8. The van der Waals surface area contributed by atoms with Crippen LogP contribution in [0, 0.1) is 0 Å². The molecule has 10 atom stereocenters. The predicted molar refractivity (Wildman–Crippen MR) is 97.0 cm³/mol. The highest BCUT2D eigenvalue weighted by molar-refractivity contribution is 4.98. The predicted octanol–water partition coefficient (Wildman–Crippen LogP) is -1.15. The van der Waals surface area contributed by atoms with Gasteiger partial charge in [-0.1, -0.05) is 0 Å². The van der Waals surface area contributed by atoms with E-state index in [1.54, 1.807) is 27.7 Å². The molecule has 4 aliphatic rings. The van der Waals surface area contributed by atoms with E-state index in [0.29, 0.717) is 0 Å². The molecule has 4 fully saturated rings. The quantitative estimate of drug-likeness (QED) is 0.495. The number of methoxy groups -OCH3 is 1. The van der Waals surface area contributed by atoms with Crippen LogP contribution in [0.3, 0.4) is 0 Å². The number of aliphatic hydroxyl groups excluding tert-OH is 3. The molecule has 11 nitrogen and oxygen atoms in total. The first-order valence-corrected chi connectivity index (χ1v) is 10.2. The standard InChI is InChI=1S/C19H32O11/c1-18(2)24-6-8-13(29-18)10(20)11(21)17(27-8)28-15-12(22)16(23-5)26-9-7-25-19(3,4)30-14(9)15/h8-17,20-22H,6-7H2,1-5H3/t8-,9-,10-,11+,12+,13-,14-,15-,16+,17-/m1/s1. The highest BCUT2D eigenvalue weighted by atomic mass is 16.8. The van der Waals surface area contributed by atoms with Gasteiger partial charge in [-0.05, 0) is 27.7 Å². The number of hydrogen-bond acceptors (Lipinski definition) is 11. The van der Waals surface area contributed by atoms with Crippen LogP contribution in [0.25, 0.3) is 0 Å². The van der Waals surface area contributed by atoms with Crippen LogP contribution in [0.5, 0.6) is 0 Å². The highest BCUT2D eigenvalue weighted by Gasteiger charge is 2.56. The van der Waals surface area contributed by atoms with Crippen molar-refractivity contribution >= 4 is 0 Å². The summed E-state index contributed by atoms with van der Waals surface area (Å²) in [6, 6.07) is 0. The van der Waals surface area contributed by atoms with Crippen LogP contribution in [-0.4, -0.2) is 109 Å². The van der Waals surface area contributed by atoms with E-state index in [1.165, 1.54) is 7.11 Å². The fourth-order valence-corrected chi connectivity index (χ4v) is 4.26. The molecule has 0 aromatic rings. The molecule has 0 aliphatic carbocycles. The Hall–Kier alpha value is -0.440. The van der Waals surface area contributed by atoms with Crippen molar-refractivity contribution in [2.75, 3.05) is 20.3 Å². The van der Waals surface area contributed by atoms with Gasteiger partial charge in [0.1, 0.15) is 48.8 Å². The Labute approximate surface area is 175 Å². The van der Waals surface area contributed by atoms with Crippen molar-refractivity contribution in [3.63, 3.8) is 0 Å². The molecule has 11 heteroatoms. The second kappa shape index (κ2) is 8.16. The summed E-state index contributed by atoms with van der Waals surface area (Å²) in [6.45, 7) is 7.29. The van der Waals surface area contributed by atoms with Gasteiger partial charge in [0.25, 0.3) is 0 Å². The van der Waals surface area contributed by atoms with Gasteiger partial charge in [-0.15, -0.1) is 0 Å². The monoisotopic (exact) mass is 436 g/mol. The van der Waals surface area contributed by atoms with Crippen molar-refractivity contribution in [1.29, 1.82) is 0 Å². The molecule has 4 rings (SSSR count). The normalized spacial score (nSPS) is 50.4. The molecule has 30 heavy (non-hydrogen) atoms. The first kappa shape index (κ1) is 22.7. The fourth-order valence-electron chi connectivity index (χ4n) is 4.26. The lowest BCUT2D eigenvalue weighted by atomic mass is 9.95. The van der Waals surface area contributed by atoms with E-state index in [-0.39, 0.29) is 13.2 Å². The highest BCUT2D eigenvalue weighted by Crippen LogP contribution is 2.37. The molecule has 0 radical (unpaired) electrons. The Morgan fingerprint density at radius 1 is 0.733 bits per heavy atom. The van der Waals surface area contributed by atoms with Crippen LogP contribution in [0.2, 0.25) is 0 Å². The average molecular weight is 436 g/mol. The van der Waals surface area contributed by atoms with Crippen molar-refractivity contribution in [3.05, 3.63) is 0 Å². The molecule has 0 aromatic carbocycles. The first-order chi connectivity index (χ1) is 14.0. The Bertz CT molecular complexity index is 611. The van der Waals surface area contributed by atoms with Gasteiger partial charge in [0.15, 0.2) is 24.2 Å². The lowest BCUT2D eigenvalue weighted by Gasteiger charge is -2.52. The summed E-state index contributed by atoms with van der Waals surface area (Å²) in [7, 11) is 1.40. The fraction of sp³-hybridized carbons (Fsp3) is 1.00. The van der Waals surface area contributed by atoms with Crippen LogP contribution in [0.4, 0.5) is 0 Å². The minimum absolute atomic E-state index is 0.155. The summed E-state index contributed by atoms with van der Waals surface area (Å²) in [5, 5.41) is 32.1. The summed E-state index contributed by atoms with van der Waals surface area (Å²) in [6.07, 6.45) is -9.81. The topological polar surface area (TPSA) is 135 Å². The Kier molecular flexibility index (Phi) is 6.19. The Morgan fingerprint density at radius 2 is 1.27 bits per heavy atom. The van der Waals surface area contributed by atoms with Crippen LogP contribution >= 0.6 is 0 Å². The minimum Gasteiger partial charge on any atom is -0.387 e. The van der Waals surface area contributed by atoms with E-state index in [1.807, 2.05) is 0 Å². The van der Waals surface area contributed by atoms with Gasteiger partial charge >= 0.3 is 0 Å².